The van der Waals surface area contributed by atoms with E-state index in [0.717, 1.165) is 74.3 Å². The summed E-state index contributed by atoms with van der Waals surface area (Å²) in [5.74, 6) is 1.24. The van der Waals surface area contributed by atoms with E-state index in [2.05, 4.69) is 20.3 Å². The maximum absolute atomic E-state index is 13.4. The van der Waals surface area contributed by atoms with Gasteiger partial charge >= 0.3 is 6.18 Å². The van der Waals surface area contributed by atoms with Gasteiger partial charge in [0, 0.05) is 54.0 Å². The van der Waals surface area contributed by atoms with Gasteiger partial charge in [-0.2, -0.15) is 13.2 Å². The second kappa shape index (κ2) is 10.7. The van der Waals surface area contributed by atoms with Crippen LogP contribution in [-0.4, -0.2) is 27.4 Å². The SMILES string of the molecule is CCCC(=O)N(CC12CCC(c3ccc(C(F)(F)F)cn3)(CC1)CC2)c1cccc(Nc2ncc(C3CC3)cn2)c1. The van der Waals surface area contributed by atoms with Gasteiger partial charge in [0.05, 0.1) is 5.56 Å². The summed E-state index contributed by atoms with van der Waals surface area (Å²) < 4.78 is 39.2. The number of alkyl halides is 3. The maximum atomic E-state index is 13.4. The van der Waals surface area contributed by atoms with Gasteiger partial charge in [-0.05, 0) is 105 Å². The molecule has 216 valence electrons. The van der Waals surface area contributed by atoms with Gasteiger partial charge in [0.1, 0.15) is 0 Å². The summed E-state index contributed by atoms with van der Waals surface area (Å²) in [5, 5.41) is 3.29. The molecule has 0 spiro atoms. The molecule has 4 fully saturated rings. The Balaban J connectivity index is 1.17. The van der Waals surface area contributed by atoms with E-state index in [4.69, 9.17) is 0 Å². The van der Waals surface area contributed by atoms with Crippen LogP contribution >= 0.6 is 0 Å². The van der Waals surface area contributed by atoms with Crippen LogP contribution in [0.2, 0.25) is 0 Å². The lowest BCUT2D eigenvalue weighted by Crippen LogP contribution is -2.50. The van der Waals surface area contributed by atoms with E-state index >= 15 is 0 Å². The first kappa shape index (κ1) is 27.7. The van der Waals surface area contributed by atoms with Gasteiger partial charge in [-0.3, -0.25) is 9.78 Å². The molecule has 41 heavy (non-hydrogen) atoms. The van der Waals surface area contributed by atoms with Crippen LogP contribution in [0.4, 0.5) is 30.5 Å². The van der Waals surface area contributed by atoms with Crippen LogP contribution < -0.4 is 10.2 Å². The molecule has 2 heterocycles. The molecule has 0 atom stereocenters. The van der Waals surface area contributed by atoms with Gasteiger partial charge in [-0.25, -0.2) is 9.97 Å². The summed E-state index contributed by atoms with van der Waals surface area (Å²) in [5.41, 5.74) is 2.73. The summed E-state index contributed by atoms with van der Waals surface area (Å²) in [6.07, 6.45) is 9.39. The Bertz CT molecular complexity index is 1360. The fourth-order valence-electron chi connectivity index (χ4n) is 6.68. The van der Waals surface area contributed by atoms with Crippen LogP contribution in [0.3, 0.4) is 0 Å². The van der Waals surface area contributed by atoms with E-state index in [1.807, 2.05) is 48.5 Å². The molecule has 0 radical (unpaired) electrons. The summed E-state index contributed by atoms with van der Waals surface area (Å²) >= 11 is 0. The van der Waals surface area contributed by atoms with E-state index in [1.165, 1.54) is 18.4 Å². The topological polar surface area (TPSA) is 71.0 Å². The molecule has 1 N–H and O–H groups in total. The van der Waals surface area contributed by atoms with E-state index in [0.29, 0.717) is 24.8 Å². The lowest BCUT2D eigenvalue weighted by Gasteiger charge is -2.54. The van der Waals surface area contributed by atoms with E-state index in [1.54, 1.807) is 6.07 Å². The summed E-state index contributed by atoms with van der Waals surface area (Å²) in [7, 11) is 0. The molecule has 2 bridgehead atoms. The number of benzene rings is 1. The standard InChI is InChI=1S/C32H36F3N5O/c1-2-4-28(41)40(26-6-3-5-25(17-26)39-29-37-18-23(19-38-29)22-7-8-22)21-30-11-14-31(15-12-30,16-13-30)27-10-9-24(20-36-27)32(33,34)35/h3,5-6,9-10,17-20,22H,2,4,7-8,11-16,21H2,1H3,(H,37,38,39). The lowest BCUT2D eigenvalue weighted by molar-refractivity contribution is -0.137. The molecule has 0 aliphatic heterocycles. The fraction of sp³-hybridized carbons (Fsp3) is 0.500. The molecule has 0 saturated heterocycles. The molecule has 4 saturated carbocycles. The van der Waals surface area contributed by atoms with Crippen molar-refractivity contribution in [3.05, 3.63) is 71.8 Å². The van der Waals surface area contributed by atoms with Crippen molar-refractivity contribution in [2.45, 2.75) is 88.6 Å². The number of carbonyl (C=O) groups excluding carboxylic acids is 1. The average molecular weight is 564 g/mol. The van der Waals surface area contributed by atoms with Gasteiger partial charge in [0.2, 0.25) is 11.9 Å². The van der Waals surface area contributed by atoms with Gasteiger partial charge in [0.15, 0.2) is 0 Å². The van der Waals surface area contributed by atoms with Crippen LogP contribution in [0.25, 0.3) is 0 Å². The van der Waals surface area contributed by atoms with Crippen LogP contribution in [0.5, 0.6) is 0 Å². The molecule has 1 aromatic carbocycles. The van der Waals surface area contributed by atoms with E-state index in [9.17, 15) is 18.0 Å². The second-order valence-corrected chi connectivity index (χ2v) is 12.2. The Morgan fingerprint density at radius 2 is 1.68 bits per heavy atom. The third-order valence-corrected chi connectivity index (χ3v) is 9.43. The van der Waals surface area contributed by atoms with Crippen molar-refractivity contribution < 1.29 is 18.0 Å². The third-order valence-electron chi connectivity index (χ3n) is 9.43. The van der Waals surface area contributed by atoms with Crippen molar-refractivity contribution in [2.24, 2.45) is 5.41 Å². The third kappa shape index (κ3) is 5.81. The van der Waals surface area contributed by atoms with Crippen molar-refractivity contribution >= 4 is 23.2 Å². The zero-order valence-electron chi connectivity index (χ0n) is 23.4. The number of rotatable bonds is 9. The maximum Gasteiger partial charge on any atom is 0.417 e. The fourth-order valence-corrected chi connectivity index (χ4v) is 6.68. The molecular formula is C32H36F3N5O. The van der Waals surface area contributed by atoms with Crippen molar-refractivity contribution in [1.82, 2.24) is 15.0 Å². The lowest BCUT2D eigenvalue weighted by atomic mass is 9.52. The molecule has 2 aromatic heterocycles. The molecule has 0 unspecified atom stereocenters. The number of hydrogen-bond donors (Lipinski definition) is 1. The number of fused-ring (bicyclic) bond motifs is 3. The highest BCUT2D eigenvalue weighted by Gasteiger charge is 2.51. The number of hydrogen-bond acceptors (Lipinski definition) is 5. The molecule has 3 aromatic rings. The van der Waals surface area contributed by atoms with E-state index < -0.39 is 11.7 Å². The number of nitrogens with zero attached hydrogens (tertiary/aromatic N) is 4. The van der Waals surface area contributed by atoms with Crippen LogP contribution in [-0.2, 0) is 16.4 Å². The van der Waals surface area contributed by atoms with Gasteiger partial charge in [-0.15, -0.1) is 0 Å². The molecule has 6 nitrogen and oxygen atoms in total. The predicted octanol–water partition coefficient (Wildman–Crippen LogP) is 7.94. The molecule has 4 aliphatic carbocycles. The Morgan fingerprint density at radius 1 is 0.976 bits per heavy atom. The largest absolute Gasteiger partial charge is 0.417 e. The number of pyridine rings is 1. The van der Waals surface area contributed by atoms with Crippen molar-refractivity contribution in [2.75, 3.05) is 16.8 Å². The zero-order valence-corrected chi connectivity index (χ0v) is 23.4. The summed E-state index contributed by atoms with van der Waals surface area (Å²) in [6, 6.07) is 10.6. The Morgan fingerprint density at radius 3 is 2.27 bits per heavy atom. The number of amides is 1. The highest BCUT2D eigenvalue weighted by Crippen LogP contribution is 2.58. The quantitative estimate of drug-likeness (QED) is 0.286. The number of carbonyl (C=O) groups is 1. The summed E-state index contributed by atoms with van der Waals surface area (Å²) in [4.78, 5) is 28.6. The first-order chi connectivity index (χ1) is 19.7. The number of halogens is 3. The number of anilines is 3. The van der Waals surface area contributed by atoms with E-state index in [-0.39, 0.29) is 16.7 Å². The molecule has 9 heteroatoms. The van der Waals surface area contributed by atoms with Gasteiger partial charge < -0.3 is 10.2 Å². The number of aromatic nitrogens is 3. The monoisotopic (exact) mass is 563 g/mol. The van der Waals surface area contributed by atoms with Crippen molar-refractivity contribution in [1.29, 1.82) is 0 Å². The Hall–Kier alpha value is -3.49. The van der Waals surface area contributed by atoms with Crippen LogP contribution in [0.1, 0.15) is 93.9 Å². The molecule has 1 amide bonds. The van der Waals surface area contributed by atoms with Gasteiger partial charge in [-0.1, -0.05) is 13.0 Å². The first-order valence-electron chi connectivity index (χ1n) is 14.7. The minimum absolute atomic E-state index is 0.0117. The molecule has 4 aliphatic rings. The Labute approximate surface area is 238 Å². The van der Waals surface area contributed by atoms with Crippen LogP contribution in [0, 0.1) is 5.41 Å². The van der Waals surface area contributed by atoms with Crippen molar-refractivity contribution in [3.63, 3.8) is 0 Å². The molecule has 7 rings (SSSR count). The average Bonchev–Trinajstić information content (AvgIpc) is 3.83. The zero-order chi connectivity index (χ0) is 28.7. The minimum Gasteiger partial charge on any atom is -0.324 e. The highest BCUT2D eigenvalue weighted by molar-refractivity contribution is 5.94. The normalized spacial score (nSPS) is 23.8. The highest BCUT2D eigenvalue weighted by atomic mass is 19.4. The molecular weight excluding hydrogens is 527 g/mol. The van der Waals surface area contributed by atoms with Crippen molar-refractivity contribution in [3.8, 4) is 0 Å². The number of nitrogens with one attached hydrogen (secondary N) is 1. The van der Waals surface area contributed by atoms with Crippen LogP contribution in [0.15, 0.2) is 55.0 Å². The smallest absolute Gasteiger partial charge is 0.324 e. The predicted molar refractivity (Wildman–Crippen MR) is 152 cm³/mol. The first-order valence-corrected chi connectivity index (χ1v) is 14.7. The summed E-state index contributed by atoms with van der Waals surface area (Å²) in [6.45, 7) is 2.65. The van der Waals surface area contributed by atoms with Gasteiger partial charge in [0.25, 0.3) is 0 Å². The second-order valence-electron chi connectivity index (χ2n) is 12.2. The minimum atomic E-state index is -4.38. The Kier molecular flexibility index (Phi) is 7.24.